The number of aromatic amines is 1. The lowest BCUT2D eigenvalue weighted by molar-refractivity contribution is 0.790. The Balaban J connectivity index is 2.61. The molecule has 1 heterocycles. The predicted molar refractivity (Wildman–Crippen MR) is 75.0 cm³/mol. The van der Waals surface area contributed by atoms with E-state index in [1.165, 1.54) is 0 Å². The van der Waals surface area contributed by atoms with Gasteiger partial charge in [-0.1, -0.05) is 19.4 Å². The molecular formula is C14H17NOS. The summed E-state index contributed by atoms with van der Waals surface area (Å²) >= 11 is 1.62. The molecule has 1 N–H and O–H groups in total. The number of aromatic nitrogens is 1. The van der Waals surface area contributed by atoms with Crippen LogP contribution < -0.4 is 5.43 Å². The fourth-order valence-electron chi connectivity index (χ4n) is 2.00. The first-order chi connectivity index (χ1) is 8.27. The van der Waals surface area contributed by atoms with Gasteiger partial charge in [0.05, 0.1) is 10.9 Å². The van der Waals surface area contributed by atoms with E-state index in [1.807, 2.05) is 30.7 Å². The van der Waals surface area contributed by atoms with Crippen LogP contribution in [0.25, 0.3) is 10.9 Å². The Morgan fingerprint density at radius 2 is 2.18 bits per heavy atom. The first kappa shape index (κ1) is 12.2. The summed E-state index contributed by atoms with van der Waals surface area (Å²) in [6.45, 7) is 2.14. The maximum absolute atomic E-state index is 12.4. The van der Waals surface area contributed by atoms with Crippen LogP contribution in [0.4, 0.5) is 0 Å². The summed E-state index contributed by atoms with van der Waals surface area (Å²) in [5, 5.41) is 0.841. The van der Waals surface area contributed by atoms with E-state index >= 15 is 0 Å². The second-order valence-corrected chi connectivity index (χ2v) is 4.98. The van der Waals surface area contributed by atoms with Gasteiger partial charge in [-0.3, -0.25) is 4.79 Å². The number of unbranched alkanes of at least 4 members (excludes halogenated alkanes) is 1. The third-order valence-electron chi connectivity index (χ3n) is 2.97. The van der Waals surface area contributed by atoms with Crippen LogP contribution in [0.5, 0.6) is 0 Å². The number of aryl methyl sites for hydroxylation is 1. The van der Waals surface area contributed by atoms with Gasteiger partial charge in [0.15, 0.2) is 5.43 Å². The zero-order valence-corrected chi connectivity index (χ0v) is 11.1. The summed E-state index contributed by atoms with van der Waals surface area (Å²) in [4.78, 5) is 16.7. The molecule has 1 aromatic heterocycles. The van der Waals surface area contributed by atoms with Crippen molar-refractivity contribution < 1.29 is 0 Å². The summed E-state index contributed by atoms with van der Waals surface area (Å²) in [6.07, 6.45) is 6.92. The second kappa shape index (κ2) is 5.41. The number of benzene rings is 1. The monoisotopic (exact) mass is 247 g/mol. The molecule has 2 rings (SSSR count). The SMILES string of the molecule is CCCCc1c[nH]c2cccc(SC)c2c1=O. The van der Waals surface area contributed by atoms with Gasteiger partial charge in [-0.2, -0.15) is 0 Å². The van der Waals surface area contributed by atoms with Crippen LogP contribution in [-0.2, 0) is 6.42 Å². The number of fused-ring (bicyclic) bond motifs is 1. The van der Waals surface area contributed by atoms with Gasteiger partial charge in [-0.05, 0) is 31.2 Å². The smallest absolute Gasteiger partial charge is 0.193 e. The Bertz CT molecular complexity index is 574. The van der Waals surface area contributed by atoms with Crippen molar-refractivity contribution in [3.63, 3.8) is 0 Å². The molecule has 0 unspecified atom stereocenters. The van der Waals surface area contributed by atoms with Gasteiger partial charge in [0, 0.05) is 16.7 Å². The standard InChI is InChI=1S/C14H17NOS/c1-3-4-6-10-9-15-11-7-5-8-12(17-2)13(11)14(10)16/h5,7-9H,3-4,6H2,1-2H3,(H,15,16). The van der Waals surface area contributed by atoms with Gasteiger partial charge in [-0.25, -0.2) is 0 Å². The number of nitrogens with one attached hydrogen (secondary N) is 1. The molecule has 2 aromatic rings. The van der Waals surface area contributed by atoms with Crippen LogP contribution in [0.2, 0.25) is 0 Å². The highest BCUT2D eigenvalue weighted by atomic mass is 32.2. The molecule has 0 fully saturated rings. The highest BCUT2D eigenvalue weighted by Gasteiger charge is 2.08. The van der Waals surface area contributed by atoms with Crippen LogP contribution >= 0.6 is 11.8 Å². The third kappa shape index (κ3) is 2.39. The van der Waals surface area contributed by atoms with Crippen molar-refractivity contribution in [3.05, 3.63) is 40.2 Å². The molecule has 17 heavy (non-hydrogen) atoms. The van der Waals surface area contributed by atoms with Crippen LogP contribution in [-0.4, -0.2) is 11.2 Å². The summed E-state index contributed by atoms with van der Waals surface area (Å²) in [5.41, 5.74) is 2.03. The van der Waals surface area contributed by atoms with Crippen molar-refractivity contribution in [3.8, 4) is 0 Å². The normalized spacial score (nSPS) is 10.9. The van der Waals surface area contributed by atoms with E-state index in [1.54, 1.807) is 11.8 Å². The van der Waals surface area contributed by atoms with E-state index in [4.69, 9.17) is 0 Å². The number of H-pyrrole nitrogens is 1. The maximum atomic E-state index is 12.4. The van der Waals surface area contributed by atoms with E-state index in [0.717, 1.165) is 40.6 Å². The van der Waals surface area contributed by atoms with E-state index in [2.05, 4.69) is 11.9 Å². The Labute approximate surface area is 105 Å². The summed E-state index contributed by atoms with van der Waals surface area (Å²) in [6, 6.07) is 5.95. The molecule has 3 heteroatoms. The average Bonchev–Trinajstić information content (AvgIpc) is 2.37. The molecule has 0 radical (unpaired) electrons. The fraction of sp³-hybridized carbons (Fsp3) is 0.357. The highest BCUT2D eigenvalue weighted by molar-refractivity contribution is 7.98. The number of rotatable bonds is 4. The molecule has 0 spiro atoms. The van der Waals surface area contributed by atoms with Crippen molar-refractivity contribution in [2.45, 2.75) is 31.1 Å². The van der Waals surface area contributed by atoms with Gasteiger partial charge in [0.1, 0.15) is 0 Å². The van der Waals surface area contributed by atoms with Crippen molar-refractivity contribution in [1.29, 1.82) is 0 Å². The van der Waals surface area contributed by atoms with Gasteiger partial charge >= 0.3 is 0 Å². The maximum Gasteiger partial charge on any atom is 0.193 e. The molecular weight excluding hydrogens is 230 g/mol. The summed E-state index contributed by atoms with van der Waals surface area (Å²) in [7, 11) is 0. The minimum Gasteiger partial charge on any atom is -0.361 e. The van der Waals surface area contributed by atoms with E-state index < -0.39 is 0 Å². The first-order valence-corrected chi connectivity index (χ1v) is 7.17. The van der Waals surface area contributed by atoms with Crippen LogP contribution in [0, 0.1) is 0 Å². The lowest BCUT2D eigenvalue weighted by Gasteiger charge is -2.06. The van der Waals surface area contributed by atoms with Gasteiger partial charge in [0.2, 0.25) is 0 Å². The molecule has 0 atom stereocenters. The zero-order valence-electron chi connectivity index (χ0n) is 10.2. The molecule has 0 amide bonds. The van der Waals surface area contributed by atoms with Crippen molar-refractivity contribution >= 4 is 22.7 Å². The van der Waals surface area contributed by atoms with Gasteiger partial charge in [-0.15, -0.1) is 11.8 Å². The number of hydrogen-bond acceptors (Lipinski definition) is 2. The minimum absolute atomic E-state index is 0.192. The Kier molecular flexibility index (Phi) is 3.89. The molecule has 0 aliphatic carbocycles. The van der Waals surface area contributed by atoms with E-state index in [9.17, 15) is 4.79 Å². The lowest BCUT2D eigenvalue weighted by atomic mass is 10.1. The zero-order chi connectivity index (χ0) is 12.3. The van der Waals surface area contributed by atoms with Crippen molar-refractivity contribution in [1.82, 2.24) is 4.98 Å². The number of pyridine rings is 1. The Hall–Kier alpha value is -1.22. The van der Waals surface area contributed by atoms with Crippen LogP contribution in [0.15, 0.2) is 34.1 Å². The fourth-order valence-corrected chi connectivity index (χ4v) is 2.62. The molecule has 0 aliphatic heterocycles. The minimum atomic E-state index is 0.192. The summed E-state index contributed by atoms with van der Waals surface area (Å²) in [5.74, 6) is 0. The lowest BCUT2D eigenvalue weighted by Crippen LogP contribution is -2.10. The third-order valence-corrected chi connectivity index (χ3v) is 3.75. The average molecular weight is 247 g/mol. The largest absolute Gasteiger partial charge is 0.361 e. The molecule has 90 valence electrons. The quantitative estimate of drug-likeness (QED) is 0.837. The number of hydrogen-bond donors (Lipinski definition) is 1. The van der Waals surface area contributed by atoms with Gasteiger partial charge < -0.3 is 4.98 Å². The molecule has 1 aromatic carbocycles. The number of thioether (sulfide) groups is 1. The Morgan fingerprint density at radius 3 is 2.88 bits per heavy atom. The van der Waals surface area contributed by atoms with E-state index in [0.29, 0.717) is 0 Å². The molecule has 0 saturated carbocycles. The van der Waals surface area contributed by atoms with Crippen LogP contribution in [0.1, 0.15) is 25.3 Å². The molecule has 0 aliphatic rings. The van der Waals surface area contributed by atoms with Gasteiger partial charge in [0.25, 0.3) is 0 Å². The Morgan fingerprint density at radius 1 is 1.35 bits per heavy atom. The molecule has 2 nitrogen and oxygen atoms in total. The van der Waals surface area contributed by atoms with Crippen LogP contribution in [0.3, 0.4) is 0 Å². The molecule has 0 saturated heterocycles. The predicted octanol–water partition coefficient (Wildman–Crippen LogP) is 3.59. The molecule has 0 bridgehead atoms. The topological polar surface area (TPSA) is 32.9 Å². The van der Waals surface area contributed by atoms with Crippen molar-refractivity contribution in [2.24, 2.45) is 0 Å². The van der Waals surface area contributed by atoms with Crippen molar-refractivity contribution in [2.75, 3.05) is 6.26 Å². The first-order valence-electron chi connectivity index (χ1n) is 5.95. The van der Waals surface area contributed by atoms with E-state index in [-0.39, 0.29) is 5.43 Å². The highest BCUT2D eigenvalue weighted by Crippen LogP contribution is 2.22. The summed E-state index contributed by atoms with van der Waals surface area (Å²) < 4.78 is 0. The second-order valence-electron chi connectivity index (χ2n) is 4.13.